The number of rotatable bonds is 4. The van der Waals surface area contributed by atoms with Gasteiger partial charge in [0.2, 0.25) is 0 Å². The molecule has 0 fully saturated rings. The maximum Gasteiger partial charge on any atom is 0.161 e. The Morgan fingerprint density at radius 1 is 1.00 bits per heavy atom. The topological polar surface area (TPSA) is 73.4 Å². The molecule has 1 aliphatic rings. The molecule has 3 aromatic rings. The number of fused-ring (bicyclic) bond motifs is 1. The van der Waals surface area contributed by atoms with Gasteiger partial charge in [-0.1, -0.05) is 42.5 Å². The zero-order chi connectivity index (χ0) is 16.4. The summed E-state index contributed by atoms with van der Waals surface area (Å²) in [6.45, 7) is 0.533. The van der Waals surface area contributed by atoms with Gasteiger partial charge >= 0.3 is 0 Å². The van der Waals surface area contributed by atoms with Gasteiger partial charge in [0, 0.05) is 6.21 Å². The highest BCUT2D eigenvalue weighted by molar-refractivity contribution is 5.85. The van der Waals surface area contributed by atoms with Gasteiger partial charge in [-0.3, -0.25) is 0 Å². The van der Waals surface area contributed by atoms with Crippen molar-refractivity contribution in [3.8, 4) is 5.75 Å². The fourth-order valence-electron chi connectivity index (χ4n) is 2.81. The van der Waals surface area contributed by atoms with Crippen LogP contribution in [0.5, 0.6) is 5.75 Å². The van der Waals surface area contributed by atoms with Crippen molar-refractivity contribution < 1.29 is 4.74 Å². The van der Waals surface area contributed by atoms with Gasteiger partial charge in [0.25, 0.3) is 0 Å². The Morgan fingerprint density at radius 3 is 2.75 bits per heavy atom. The maximum atomic E-state index is 6.01. The van der Waals surface area contributed by atoms with Crippen LogP contribution in [0.2, 0.25) is 0 Å². The number of ether oxygens (including phenoxy) is 1. The van der Waals surface area contributed by atoms with Crippen LogP contribution in [0.3, 0.4) is 0 Å². The molecule has 1 aromatic heterocycles. The fraction of sp³-hybridized carbons (Fsp3) is 0.105. The van der Waals surface area contributed by atoms with Gasteiger partial charge in [0.1, 0.15) is 24.5 Å². The summed E-state index contributed by atoms with van der Waals surface area (Å²) in [7, 11) is 0. The van der Waals surface area contributed by atoms with Gasteiger partial charge in [0.15, 0.2) is 5.82 Å². The van der Waals surface area contributed by atoms with Crippen molar-refractivity contribution in [3.05, 3.63) is 77.6 Å². The Morgan fingerprint density at radius 2 is 1.88 bits per heavy atom. The van der Waals surface area contributed by atoms with Crippen LogP contribution in [0, 0.1) is 0 Å². The van der Waals surface area contributed by atoms with Crippen molar-refractivity contribution in [3.63, 3.8) is 0 Å². The van der Waals surface area contributed by atoms with Crippen LogP contribution >= 0.6 is 0 Å². The predicted octanol–water partition coefficient (Wildman–Crippen LogP) is 3.49. The largest absolute Gasteiger partial charge is 0.489 e. The Bertz CT molecular complexity index is 893. The lowest BCUT2D eigenvalue weighted by molar-refractivity contribution is 0.306. The molecule has 4 rings (SSSR count). The van der Waals surface area contributed by atoms with Gasteiger partial charge < -0.3 is 10.5 Å². The summed E-state index contributed by atoms with van der Waals surface area (Å²) in [6.07, 6.45) is 3.29. The first-order valence-electron chi connectivity index (χ1n) is 7.72. The molecule has 0 saturated heterocycles. The number of nitrogens with two attached hydrogens (primary N) is 1. The highest BCUT2D eigenvalue weighted by atomic mass is 16.5. The fourth-order valence-corrected chi connectivity index (χ4v) is 2.81. The quantitative estimate of drug-likeness (QED) is 0.799. The van der Waals surface area contributed by atoms with E-state index in [2.05, 4.69) is 15.0 Å². The molecule has 2 heterocycles. The van der Waals surface area contributed by atoms with E-state index in [0.717, 1.165) is 22.4 Å². The van der Waals surface area contributed by atoms with Crippen molar-refractivity contribution in [2.24, 2.45) is 4.99 Å². The number of nitrogens with zero attached hydrogens (tertiary/aromatic N) is 3. The summed E-state index contributed by atoms with van der Waals surface area (Å²) in [5, 5.41) is 0. The molecule has 0 amide bonds. The van der Waals surface area contributed by atoms with Gasteiger partial charge in [0.05, 0.1) is 11.5 Å². The molecule has 1 atom stereocenters. The van der Waals surface area contributed by atoms with Gasteiger partial charge in [-0.05, 0) is 23.3 Å². The number of aliphatic imine (C=N–C) groups is 1. The lowest BCUT2D eigenvalue weighted by Crippen LogP contribution is -2.05. The molecule has 2 aromatic carbocycles. The molecule has 0 unspecified atom stereocenters. The minimum absolute atomic E-state index is 0.0403. The van der Waals surface area contributed by atoms with Crippen LogP contribution in [-0.2, 0) is 6.61 Å². The zero-order valence-electron chi connectivity index (χ0n) is 13.0. The van der Waals surface area contributed by atoms with E-state index in [0.29, 0.717) is 18.2 Å². The number of aromatic nitrogens is 2. The average molecular weight is 316 g/mol. The predicted molar refractivity (Wildman–Crippen MR) is 93.7 cm³/mol. The molecule has 1 aliphatic heterocycles. The van der Waals surface area contributed by atoms with Crippen LogP contribution in [-0.4, -0.2) is 16.2 Å². The van der Waals surface area contributed by atoms with Crippen molar-refractivity contribution in [1.82, 2.24) is 9.97 Å². The molecular weight excluding hydrogens is 300 g/mol. The first-order valence-corrected chi connectivity index (χ1v) is 7.72. The number of hydrogen-bond donors (Lipinski definition) is 1. The molecule has 0 saturated carbocycles. The molecule has 24 heavy (non-hydrogen) atoms. The number of hydrogen-bond acceptors (Lipinski definition) is 5. The maximum absolute atomic E-state index is 6.01. The van der Waals surface area contributed by atoms with E-state index in [9.17, 15) is 0 Å². The summed E-state index contributed by atoms with van der Waals surface area (Å²) in [5.74, 6) is 1.89. The van der Waals surface area contributed by atoms with E-state index in [4.69, 9.17) is 10.5 Å². The second kappa shape index (κ2) is 6.12. The van der Waals surface area contributed by atoms with E-state index in [1.54, 1.807) is 0 Å². The minimum atomic E-state index is -0.0403. The molecule has 5 nitrogen and oxygen atoms in total. The molecule has 0 radical (unpaired) electrons. The Kier molecular flexibility index (Phi) is 3.67. The van der Waals surface area contributed by atoms with Crippen LogP contribution in [0.15, 0.2) is 65.9 Å². The summed E-state index contributed by atoms with van der Waals surface area (Å²) in [5.41, 5.74) is 9.06. The summed E-state index contributed by atoms with van der Waals surface area (Å²) in [6, 6.07) is 18.1. The Labute approximate surface area is 139 Å². The smallest absolute Gasteiger partial charge is 0.161 e. The van der Waals surface area contributed by atoms with Crippen molar-refractivity contribution in [1.29, 1.82) is 0 Å². The second-order valence-corrected chi connectivity index (χ2v) is 5.60. The van der Waals surface area contributed by atoms with Crippen LogP contribution in [0.25, 0.3) is 0 Å². The van der Waals surface area contributed by atoms with Gasteiger partial charge in [-0.25, -0.2) is 15.0 Å². The normalized spacial score (nSPS) is 15.2. The lowest BCUT2D eigenvalue weighted by Gasteiger charge is -2.13. The molecular formula is C19H16N4O. The molecule has 0 spiro atoms. The first kappa shape index (κ1) is 14.4. The van der Waals surface area contributed by atoms with E-state index >= 15 is 0 Å². The monoisotopic (exact) mass is 316 g/mol. The molecule has 2 N–H and O–H groups in total. The molecule has 0 bridgehead atoms. The molecule has 118 valence electrons. The lowest BCUT2D eigenvalue weighted by atomic mass is 9.94. The third-order valence-corrected chi connectivity index (χ3v) is 4.02. The highest BCUT2D eigenvalue weighted by Crippen LogP contribution is 2.38. The Hall–Kier alpha value is -3.21. The molecule has 0 aliphatic carbocycles. The van der Waals surface area contributed by atoms with Crippen molar-refractivity contribution >= 4 is 17.9 Å². The van der Waals surface area contributed by atoms with Crippen LogP contribution < -0.4 is 10.5 Å². The van der Waals surface area contributed by atoms with Crippen LogP contribution in [0.4, 0.5) is 11.6 Å². The van der Waals surface area contributed by atoms with E-state index < -0.39 is 0 Å². The highest BCUT2D eigenvalue weighted by Gasteiger charge is 2.25. The summed E-state index contributed by atoms with van der Waals surface area (Å²) < 4.78 is 5.90. The van der Waals surface area contributed by atoms with E-state index in [1.807, 2.05) is 60.8 Å². The number of nitrogen functional groups attached to an aromatic ring is 1. The number of anilines is 1. The molecule has 5 heteroatoms. The Balaban J connectivity index is 1.57. The van der Waals surface area contributed by atoms with E-state index in [-0.39, 0.29) is 5.92 Å². The summed E-state index contributed by atoms with van der Waals surface area (Å²) >= 11 is 0. The van der Waals surface area contributed by atoms with Gasteiger partial charge in [-0.2, -0.15) is 0 Å². The third-order valence-electron chi connectivity index (χ3n) is 4.02. The average Bonchev–Trinajstić information content (AvgIpc) is 3.07. The van der Waals surface area contributed by atoms with Crippen molar-refractivity contribution in [2.75, 3.05) is 5.73 Å². The minimum Gasteiger partial charge on any atom is -0.489 e. The third kappa shape index (κ3) is 2.72. The zero-order valence-corrected chi connectivity index (χ0v) is 13.0. The van der Waals surface area contributed by atoms with Crippen molar-refractivity contribution in [2.45, 2.75) is 12.5 Å². The second-order valence-electron chi connectivity index (χ2n) is 5.60. The van der Waals surface area contributed by atoms with Crippen LogP contribution in [0.1, 0.15) is 22.6 Å². The first-order chi connectivity index (χ1) is 11.8. The summed E-state index contributed by atoms with van der Waals surface area (Å²) in [4.78, 5) is 12.6. The van der Waals surface area contributed by atoms with E-state index in [1.165, 1.54) is 6.33 Å². The standard InChI is InChI=1S/C19H16N4O/c20-18-17-16(10-21-19(17)23-12-22-18)14-7-4-8-15(9-14)24-11-13-5-2-1-3-6-13/h1-10,12,16H,11H2,(H2,20,22,23)/t16-/m0/s1. The number of benzene rings is 2. The SMILES string of the molecule is Nc1ncnc2c1[C@H](c1cccc(OCc3ccccc3)c1)C=N2. The van der Waals surface area contributed by atoms with Gasteiger partial charge in [-0.15, -0.1) is 0 Å².